The highest BCUT2D eigenvalue weighted by molar-refractivity contribution is 5.85. The molecule has 2 unspecified atom stereocenters. The molecule has 0 aliphatic heterocycles. The van der Waals surface area contributed by atoms with E-state index in [1.807, 2.05) is 12.1 Å². The summed E-state index contributed by atoms with van der Waals surface area (Å²) < 4.78 is 39.0. The number of anilines is 1. The third-order valence-electron chi connectivity index (χ3n) is 4.22. The molecule has 0 spiro atoms. The highest BCUT2D eigenvalue weighted by Crippen LogP contribution is 2.41. The summed E-state index contributed by atoms with van der Waals surface area (Å²) in [6.07, 6.45) is -2.12. The molecule has 1 saturated carbocycles. The van der Waals surface area contributed by atoms with E-state index in [1.54, 1.807) is 12.1 Å². The summed E-state index contributed by atoms with van der Waals surface area (Å²) in [4.78, 5) is 12.1. The molecule has 0 bridgehead atoms. The maximum Gasteiger partial charge on any atom is 0.392 e. The molecule has 1 fully saturated rings. The summed E-state index contributed by atoms with van der Waals surface area (Å²) in [5.74, 6) is -2.92. The van der Waals surface area contributed by atoms with Crippen LogP contribution in [0.1, 0.15) is 31.2 Å². The molecule has 1 aliphatic carbocycles. The number of nitrogen functional groups attached to an aromatic ring is 1. The van der Waals surface area contributed by atoms with Crippen molar-refractivity contribution in [3.63, 3.8) is 0 Å². The molecule has 2 atom stereocenters. The Hall–Kier alpha value is -1.43. The van der Waals surface area contributed by atoms with E-state index in [9.17, 15) is 18.0 Å². The van der Waals surface area contributed by atoms with Gasteiger partial charge in [-0.25, -0.2) is 0 Å². The number of hydrogen-bond acceptors (Lipinski definition) is 2. The fourth-order valence-corrected chi connectivity index (χ4v) is 2.98. The quantitative estimate of drug-likeness (QED) is 0.813. The number of hydrogen-bond donors (Lipinski definition) is 2. The molecule has 0 heterocycles. The van der Waals surface area contributed by atoms with E-state index >= 15 is 0 Å². The number of nitrogens with one attached hydrogen (secondary N) is 1. The van der Waals surface area contributed by atoms with Gasteiger partial charge in [-0.2, -0.15) is 13.2 Å². The van der Waals surface area contributed by atoms with E-state index in [4.69, 9.17) is 5.73 Å². The Bertz CT molecular complexity index is 505. The summed E-state index contributed by atoms with van der Waals surface area (Å²) in [6, 6.07) is 7.22. The van der Waals surface area contributed by atoms with Gasteiger partial charge >= 0.3 is 6.18 Å². The Morgan fingerprint density at radius 3 is 2.39 bits per heavy atom. The SMILES string of the molecule is Cl.Nc1ccc(CCNC(=O)C2CCCCC2C(F)(F)F)cc1. The molecule has 130 valence electrons. The Kier molecular flexibility index (Phi) is 7.19. The van der Waals surface area contributed by atoms with Crippen LogP contribution in [0, 0.1) is 11.8 Å². The van der Waals surface area contributed by atoms with Crippen molar-refractivity contribution >= 4 is 24.0 Å². The third-order valence-corrected chi connectivity index (χ3v) is 4.22. The van der Waals surface area contributed by atoms with Gasteiger partial charge in [-0.3, -0.25) is 4.79 Å². The van der Waals surface area contributed by atoms with Crippen molar-refractivity contribution in [1.29, 1.82) is 0 Å². The van der Waals surface area contributed by atoms with E-state index in [0.717, 1.165) is 5.56 Å². The molecule has 2 rings (SSSR count). The second-order valence-electron chi connectivity index (χ2n) is 5.82. The van der Waals surface area contributed by atoms with Crippen molar-refractivity contribution in [1.82, 2.24) is 5.32 Å². The van der Waals surface area contributed by atoms with Crippen LogP contribution < -0.4 is 11.1 Å². The smallest absolute Gasteiger partial charge is 0.392 e. The summed E-state index contributed by atoms with van der Waals surface area (Å²) in [5.41, 5.74) is 7.23. The van der Waals surface area contributed by atoms with Crippen LogP contribution in [0.2, 0.25) is 0 Å². The van der Waals surface area contributed by atoms with Crippen LogP contribution in [0.3, 0.4) is 0 Å². The van der Waals surface area contributed by atoms with Crippen LogP contribution in [0.5, 0.6) is 0 Å². The van der Waals surface area contributed by atoms with Gasteiger partial charge in [0, 0.05) is 18.2 Å². The lowest BCUT2D eigenvalue weighted by atomic mass is 9.78. The van der Waals surface area contributed by atoms with Crippen molar-refractivity contribution in [3.8, 4) is 0 Å². The zero-order valence-electron chi connectivity index (χ0n) is 12.7. The molecule has 1 aliphatic rings. The van der Waals surface area contributed by atoms with Crippen molar-refractivity contribution in [2.75, 3.05) is 12.3 Å². The Labute approximate surface area is 140 Å². The summed E-state index contributed by atoms with van der Waals surface area (Å²) >= 11 is 0. The van der Waals surface area contributed by atoms with Gasteiger partial charge in [0.15, 0.2) is 0 Å². The Morgan fingerprint density at radius 1 is 1.17 bits per heavy atom. The number of amides is 1. The first-order valence-corrected chi connectivity index (χ1v) is 7.57. The minimum absolute atomic E-state index is 0. The molecule has 3 nitrogen and oxygen atoms in total. The number of benzene rings is 1. The highest BCUT2D eigenvalue weighted by Gasteiger charge is 2.47. The van der Waals surface area contributed by atoms with E-state index in [-0.39, 0.29) is 18.8 Å². The largest absolute Gasteiger partial charge is 0.399 e. The zero-order chi connectivity index (χ0) is 16.2. The molecule has 0 radical (unpaired) electrons. The van der Waals surface area contributed by atoms with Gasteiger partial charge in [-0.05, 0) is 37.0 Å². The van der Waals surface area contributed by atoms with Crippen LogP contribution >= 0.6 is 12.4 Å². The van der Waals surface area contributed by atoms with Crippen molar-refractivity contribution in [2.24, 2.45) is 11.8 Å². The zero-order valence-corrected chi connectivity index (χ0v) is 13.6. The summed E-state index contributed by atoms with van der Waals surface area (Å²) in [5, 5.41) is 2.65. The standard InChI is InChI=1S/C16H21F3N2O.ClH/c17-16(18,19)14-4-2-1-3-13(14)15(22)21-10-9-11-5-7-12(20)8-6-11;/h5-8,13-14H,1-4,9-10,20H2,(H,21,22);1H. The van der Waals surface area contributed by atoms with Gasteiger partial charge in [0.25, 0.3) is 0 Å². The molecule has 1 aromatic rings. The molecule has 7 heteroatoms. The third kappa shape index (κ3) is 5.61. The predicted octanol–water partition coefficient (Wildman–Crippen LogP) is 3.72. The lowest BCUT2D eigenvalue weighted by Gasteiger charge is -2.32. The van der Waals surface area contributed by atoms with Crippen LogP contribution in [0.4, 0.5) is 18.9 Å². The summed E-state index contributed by atoms with van der Waals surface area (Å²) in [6.45, 7) is 0.337. The number of alkyl halides is 3. The average Bonchev–Trinajstić information content (AvgIpc) is 2.48. The number of nitrogens with two attached hydrogens (primary N) is 1. The van der Waals surface area contributed by atoms with Crippen LogP contribution in [0.25, 0.3) is 0 Å². The van der Waals surface area contributed by atoms with E-state index in [2.05, 4.69) is 5.32 Å². The second kappa shape index (κ2) is 8.43. The fourth-order valence-electron chi connectivity index (χ4n) is 2.98. The van der Waals surface area contributed by atoms with Crippen LogP contribution in [0.15, 0.2) is 24.3 Å². The van der Waals surface area contributed by atoms with E-state index in [0.29, 0.717) is 37.9 Å². The van der Waals surface area contributed by atoms with E-state index in [1.165, 1.54) is 0 Å². The predicted molar refractivity (Wildman–Crippen MR) is 86.3 cm³/mol. The van der Waals surface area contributed by atoms with Crippen LogP contribution in [-0.2, 0) is 11.2 Å². The monoisotopic (exact) mass is 350 g/mol. The van der Waals surface area contributed by atoms with Gasteiger partial charge < -0.3 is 11.1 Å². The maximum atomic E-state index is 13.0. The minimum Gasteiger partial charge on any atom is -0.399 e. The molecule has 23 heavy (non-hydrogen) atoms. The highest BCUT2D eigenvalue weighted by atomic mass is 35.5. The lowest BCUT2D eigenvalue weighted by Crippen LogP contribution is -2.43. The Morgan fingerprint density at radius 2 is 1.78 bits per heavy atom. The number of carbonyl (C=O) groups excluding carboxylic acids is 1. The number of rotatable bonds is 4. The average molecular weight is 351 g/mol. The first-order valence-electron chi connectivity index (χ1n) is 7.57. The van der Waals surface area contributed by atoms with E-state index < -0.39 is 23.9 Å². The molecule has 1 aromatic carbocycles. The lowest BCUT2D eigenvalue weighted by molar-refractivity contribution is -0.198. The number of carbonyl (C=O) groups is 1. The minimum atomic E-state index is -4.29. The molecule has 0 saturated heterocycles. The fraction of sp³-hybridized carbons (Fsp3) is 0.562. The molecular weight excluding hydrogens is 329 g/mol. The molecule has 1 amide bonds. The van der Waals surface area contributed by atoms with Gasteiger partial charge in [-0.15, -0.1) is 12.4 Å². The molecule has 3 N–H and O–H groups in total. The topological polar surface area (TPSA) is 55.1 Å². The van der Waals surface area contributed by atoms with Gasteiger partial charge in [0.05, 0.1) is 5.92 Å². The van der Waals surface area contributed by atoms with Gasteiger partial charge in [-0.1, -0.05) is 25.0 Å². The first kappa shape index (κ1) is 19.6. The van der Waals surface area contributed by atoms with Crippen molar-refractivity contribution in [3.05, 3.63) is 29.8 Å². The molecule has 0 aromatic heterocycles. The van der Waals surface area contributed by atoms with Gasteiger partial charge in [0.1, 0.15) is 0 Å². The van der Waals surface area contributed by atoms with Crippen LogP contribution in [-0.4, -0.2) is 18.6 Å². The normalized spacial score (nSPS) is 21.3. The van der Waals surface area contributed by atoms with Gasteiger partial charge in [0.2, 0.25) is 5.91 Å². The first-order chi connectivity index (χ1) is 10.4. The molecular formula is C16H22ClF3N2O. The second-order valence-corrected chi connectivity index (χ2v) is 5.82. The number of halogens is 4. The van der Waals surface area contributed by atoms with Crippen molar-refractivity contribution < 1.29 is 18.0 Å². The summed E-state index contributed by atoms with van der Waals surface area (Å²) in [7, 11) is 0. The van der Waals surface area contributed by atoms with Crippen molar-refractivity contribution in [2.45, 2.75) is 38.3 Å². The Balaban J connectivity index is 0.00000264. The maximum absolute atomic E-state index is 13.0.